The predicted octanol–water partition coefficient (Wildman–Crippen LogP) is 3.12. The number of hydrogen-bond donors (Lipinski definition) is 1. The number of aliphatic imine (C=N–C) groups is 1. The van der Waals surface area contributed by atoms with Gasteiger partial charge in [-0.05, 0) is 39.8 Å². The molecule has 1 aliphatic rings. The Morgan fingerprint density at radius 1 is 1.50 bits per heavy atom. The summed E-state index contributed by atoms with van der Waals surface area (Å²) in [7, 11) is 3.80. The Morgan fingerprint density at radius 2 is 2.31 bits per heavy atom. The van der Waals surface area contributed by atoms with Crippen molar-refractivity contribution in [2.75, 3.05) is 40.3 Å². The van der Waals surface area contributed by atoms with Crippen LogP contribution in [-0.2, 0) is 11.3 Å². The highest BCUT2D eigenvalue weighted by atomic mass is 32.1. The largest absolute Gasteiger partial charge is 0.375 e. The molecule has 1 aliphatic heterocycles. The molecule has 1 fully saturated rings. The maximum Gasteiger partial charge on any atom is 0.194 e. The maximum absolute atomic E-state index is 5.36. The van der Waals surface area contributed by atoms with E-state index < -0.39 is 0 Å². The number of piperidine rings is 1. The molecule has 0 radical (unpaired) electrons. The molecule has 1 N–H and O–H groups in total. The molecule has 1 saturated heterocycles. The molecule has 0 aromatic carbocycles. The summed E-state index contributed by atoms with van der Waals surface area (Å²) >= 11 is 1.66. The second kappa shape index (κ2) is 10.8. The van der Waals surface area contributed by atoms with Crippen LogP contribution in [0.2, 0.25) is 0 Å². The molecule has 1 aromatic heterocycles. The van der Waals surface area contributed by atoms with Crippen LogP contribution < -0.4 is 5.32 Å². The summed E-state index contributed by atoms with van der Waals surface area (Å²) < 4.78 is 5.36. The van der Waals surface area contributed by atoms with E-state index in [0.717, 1.165) is 42.8 Å². The van der Waals surface area contributed by atoms with Crippen LogP contribution in [0.25, 0.3) is 0 Å². The molecule has 2 atom stereocenters. The van der Waals surface area contributed by atoms with Crippen LogP contribution in [-0.4, -0.2) is 67.1 Å². The first kappa shape index (κ1) is 21.1. The number of ether oxygens (including phenoxy) is 1. The van der Waals surface area contributed by atoms with Gasteiger partial charge < -0.3 is 15.0 Å². The molecule has 2 heterocycles. The van der Waals surface area contributed by atoms with Gasteiger partial charge in [0, 0.05) is 32.1 Å². The van der Waals surface area contributed by atoms with E-state index in [4.69, 9.17) is 14.7 Å². The van der Waals surface area contributed by atoms with Crippen molar-refractivity contribution in [1.29, 1.82) is 0 Å². The third-order valence-corrected chi connectivity index (χ3v) is 6.03. The van der Waals surface area contributed by atoms with Gasteiger partial charge >= 0.3 is 0 Å². The molecular weight excluding hydrogens is 346 g/mol. The zero-order valence-electron chi connectivity index (χ0n) is 17.0. The van der Waals surface area contributed by atoms with Crippen LogP contribution in [0.15, 0.2) is 10.4 Å². The summed E-state index contributed by atoms with van der Waals surface area (Å²) in [6.07, 6.45) is 3.94. The SMILES string of the molecule is CCNC(=NCC1CCCCN1CC)N(C)Cc1csc(C(C)OC)n1. The zero-order chi connectivity index (χ0) is 18.9. The topological polar surface area (TPSA) is 53.0 Å². The first-order valence-electron chi connectivity index (χ1n) is 9.79. The Hall–Kier alpha value is -1.18. The minimum atomic E-state index is 0.0484. The first-order valence-corrected chi connectivity index (χ1v) is 10.7. The normalized spacial score (nSPS) is 20.2. The van der Waals surface area contributed by atoms with Crippen molar-refractivity contribution in [3.8, 4) is 0 Å². The maximum atomic E-state index is 5.36. The van der Waals surface area contributed by atoms with Gasteiger partial charge in [0.25, 0.3) is 0 Å². The summed E-state index contributed by atoms with van der Waals surface area (Å²) in [5.74, 6) is 0.962. The first-order chi connectivity index (χ1) is 12.6. The van der Waals surface area contributed by atoms with E-state index in [9.17, 15) is 0 Å². The number of nitrogens with one attached hydrogen (secondary N) is 1. The lowest BCUT2D eigenvalue weighted by Crippen LogP contribution is -2.43. The fraction of sp³-hybridized carbons (Fsp3) is 0.789. The van der Waals surface area contributed by atoms with Crippen molar-refractivity contribution in [1.82, 2.24) is 20.1 Å². The number of methoxy groups -OCH3 is 1. The number of likely N-dealkylation sites (N-methyl/N-ethyl adjacent to an activating group) is 1. The van der Waals surface area contributed by atoms with Gasteiger partial charge in [0.2, 0.25) is 0 Å². The highest BCUT2D eigenvalue weighted by Gasteiger charge is 2.21. The second-order valence-electron chi connectivity index (χ2n) is 6.88. The zero-order valence-corrected chi connectivity index (χ0v) is 17.8. The third kappa shape index (κ3) is 5.93. The van der Waals surface area contributed by atoms with Crippen LogP contribution in [0.1, 0.15) is 56.8 Å². The second-order valence-corrected chi connectivity index (χ2v) is 7.77. The van der Waals surface area contributed by atoms with E-state index in [1.807, 2.05) is 6.92 Å². The molecule has 148 valence electrons. The quantitative estimate of drug-likeness (QED) is 0.554. The van der Waals surface area contributed by atoms with Crippen molar-refractivity contribution < 1.29 is 4.74 Å². The van der Waals surface area contributed by atoms with E-state index in [-0.39, 0.29) is 6.10 Å². The fourth-order valence-corrected chi connectivity index (χ4v) is 4.19. The van der Waals surface area contributed by atoms with Crippen LogP contribution >= 0.6 is 11.3 Å². The van der Waals surface area contributed by atoms with Gasteiger partial charge in [-0.3, -0.25) is 9.89 Å². The molecule has 0 saturated carbocycles. The molecular formula is C19H35N5OS. The van der Waals surface area contributed by atoms with E-state index in [2.05, 4.69) is 41.4 Å². The Kier molecular flexibility index (Phi) is 8.81. The van der Waals surface area contributed by atoms with Crippen molar-refractivity contribution in [3.05, 3.63) is 16.1 Å². The minimum Gasteiger partial charge on any atom is -0.375 e. The summed E-state index contributed by atoms with van der Waals surface area (Å²) in [4.78, 5) is 14.4. The lowest BCUT2D eigenvalue weighted by molar-refractivity contribution is 0.119. The van der Waals surface area contributed by atoms with E-state index >= 15 is 0 Å². The molecule has 0 bridgehead atoms. The Labute approximate surface area is 162 Å². The number of nitrogens with zero attached hydrogens (tertiary/aromatic N) is 4. The fourth-order valence-electron chi connectivity index (χ4n) is 3.35. The number of aromatic nitrogens is 1. The van der Waals surface area contributed by atoms with Gasteiger partial charge in [-0.1, -0.05) is 13.3 Å². The molecule has 0 spiro atoms. The standard InChI is InChI=1S/C19H35N5OS/c1-6-20-19(21-12-17-10-8-9-11-24(17)7-2)23(4)13-16-14-26-18(22-16)15(3)25-5/h14-15,17H,6-13H2,1-5H3,(H,20,21). The molecule has 2 rings (SSSR count). The van der Waals surface area contributed by atoms with Crippen LogP contribution in [0.4, 0.5) is 0 Å². The molecule has 1 aromatic rings. The Bertz CT molecular complexity index is 562. The lowest BCUT2D eigenvalue weighted by Gasteiger charge is -2.34. The van der Waals surface area contributed by atoms with Crippen LogP contribution in [0, 0.1) is 0 Å². The third-order valence-electron chi connectivity index (χ3n) is 4.97. The summed E-state index contributed by atoms with van der Waals surface area (Å²) in [5.41, 5.74) is 1.06. The van der Waals surface area contributed by atoms with Gasteiger partial charge in [-0.15, -0.1) is 11.3 Å². The molecule has 6 nitrogen and oxygen atoms in total. The average molecular weight is 382 g/mol. The molecule has 7 heteroatoms. The van der Waals surface area contributed by atoms with Gasteiger partial charge in [-0.25, -0.2) is 4.98 Å². The highest BCUT2D eigenvalue weighted by Crippen LogP contribution is 2.21. The summed E-state index contributed by atoms with van der Waals surface area (Å²) in [5, 5.41) is 6.57. The monoisotopic (exact) mass is 381 g/mol. The average Bonchev–Trinajstić information content (AvgIpc) is 3.13. The molecule has 0 amide bonds. The van der Waals surface area contributed by atoms with Crippen molar-refractivity contribution in [3.63, 3.8) is 0 Å². The predicted molar refractivity (Wildman–Crippen MR) is 110 cm³/mol. The highest BCUT2D eigenvalue weighted by molar-refractivity contribution is 7.09. The summed E-state index contributed by atoms with van der Waals surface area (Å²) in [6.45, 7) is 11.2. The van der Waals surface area contributed by atoms with Gasteiger partial charge in [0.05, 0.1) is 18.8 Å². The molecule has 2 unspecified atom stereocenters. The Balaban J connectivity index is 1.99. The van der Waals surface area contributed by atoms with E-state index in [1.54, 1.807) is 18.4 Å². The van der Waals surface area contributed by atoms with Gasteiger partial charge in [0.15, 0.2) is 5.96 Å². The number of likely N-dealkylation sites (tertiary alicyclic amines) is 1. The number of rotatable bonds is 8. The Morgan fingerprint density at radius 3 is 3.00 bits per heavy atom. The van der Waals surface area contributed by atoms with Crippen LogP contribution in [0.3, 0.4) is 0 Å². The van der Waals surface area contributed by atoms with Crippen molar-refractivity contribution in [2.45, 2.75) is 58.7 Å². The van der Waals surface area contributed by atoms with Gasteiger partial charge in [-0.2, -0.15) is 0 Å². The minimum absolute atomic E-state index is 0.0484. The number of hydrogen-bond acceptors (Lipinski definition) is 5. The van der Waals surface area contributed by atoms with Crippen molar-refractivity contribution in [2.24, 2.45) is 4.99 Å². The summed E-state index contributed by atoms with van der Waals surface area (Å²) in [6, 6.07) is 0.573. The van der Waals surface area contributed by atoms with Crippen molar-refractivity contribution >= 4 is 17.3 Å². The number of thiazole rings is 1. The molecule has 0 aliphatic carbocycles. The smallest absolute Gasteiger partial charge is 0.194 e. The number of guanidine groups is 1. The van der Waals surface area contributed by atoms with E-state index in [0.29, 0.717) is 6.04 Å². The lowest BCUT2D eigenvalue weighted by atomic mass is 10.0. The van der Waals surface area contributed by atoms with Gasteiger partial charge in [0.1, 0.15) is 11.1 Å². The van der Waals surface area contributed by atoms with E-state index in [1.165, 1.54) is 25.8 Å². The molecule has 26 heavy (non-hydrogen) atoms. The van der Waals surface area contributed by atoms with Crippen LogP contribution in [0.5, 0.6) is 0 Å².